The van der Waals surface area contributed by atoms with E-state index in [1.165, 1.54) is 42.1 Å². The summed E-state index contributed by atoms with van der Waals surface area (Å²) in [5.74, 6) is -0.276. The highest BCUT2D eigenvalue weighted by molar-refractivity contribution is 8.00. The monoisotopic (exact) mass is 590 g/mol. The SMILES string of the molecule is Cc1ccc(-c2ccc(C=C(NC(=O)c3ccccc3)C(=O)Nc3ccc(SCC(=O)c4ccc(F)cc4)cc3)o2)cc1. The maximum atomic E-state index is 13.4. The maximum absolute atomic E-state index is 13.4. The van der Waals surface area contributed by atoms with Gasteiger partial charge in [0.1, 0.15) is 23.0 Å². The van der Waals surface area contributed by atoms with Crippen LogP contribution < -0.4 is 10.6 Å². The standard InChI is InChI=1S/C35H27FN2O4S/c1-23-7-9-25(10-8-23)33-20-17-29(42-33)21-31(38-34(40)26-5-3-2-4-6-26)35(41)37-28-15-18-30(19-16-28)43-22-32(39)24-11-13-27(36)14-12-24/h2-21H,22H2,1H3,(H,37,41)(H,38,40). The summed E-state index contributed by atoms with van der Waals surface area (Å²) in [5.41, 5.74) is 3.36. The second-order valence-electron chi connectivity index (χ2n) is 9.64. The predicted molar refractivity (Wildman–Crippen MR) is 167 cm³/mol. The number of furan rings is 1. The molecule has 0 aliphatic heterocycles. The van der Waals surface area contributed by atoms with Crippen LogP contribution in [0.4, 0.5) is 10.1 Å². The lowest BCUT2D eigenvalue weighted by atomic mass is 10.1. The number of hydrogen-bond acceptors (Lipinski definition) is 5. The first kappa shape index (κ1) is 29.3. The molecule has 0 aliphatic rings. The lowest BCUT2D eigenvalue weighted by molar-refractivity contribution is -0.113. The highest BCUT2D eigenvalue weighted by atomic mass is 32.2. The third kappa shape index (κ3) is 7.96. The number of carbonyl (C=O) groups excluding carboxylic acids is 3. The normalized spacial score (nSPS) is 11.2. The van der Waals surface area contributed by atoms with Crippen molar-refractivity contribution >= 4 is 41.1 Å². The molecule has 6 nitrogen and oxygen atoms in total. The van der Waals surface area contributed by atoms with Gasteiger partial charge in [0.15, 0.2) is 5.78 Å². The van der Waals surface area contributed by atoms with E-state index in [0.717, 1.165) is 16.0 Å². The van der Waals surface area contributed by atoms with E-state index >= 15 is 0 Å². The average molecular weight is 591 g/mol. The smallest absolute Gasteiger partial charge is 0.272 e. The van der Waals surface area contributed by atoms with Crippen molar-refractivity contribution in [3.63, 3.8) is 0 Å². The van der Waals surface area contributed by atoms with Crippen LogP contribution >= 0.6 is 11.8 Å². The summed E-state index contributed by atoms with van der Waals surface area (Å²) >= 11 is 1.33. The molecule has 0 atom stereocenters. The van der Waals surface area contributed by atoms with E-state index in [0.29, 0.717) is 28.3 Å². The number of thioether (sulfide) groups is 1. The van der Waals surface area contributed by atoms with Crippen molar-refractivity contribution in [1.29, 1.82) is 0 Å². The summed E-state index contributed by atoms with van der Waals surface area (Å²) in [6.45, 7) is 2.00. The van der Waals surface area contributed by atoms with Crippen LogP contribution in [-0.4, -0.2) is 23.4 Å². The summed E-state index contributed by atoms with van der Waals surface area (Å²) in [6.07, 6.45) is 1.49. The summed E-state index contributed by atoms with van der Waals surface area (Å²) in [5, 5.41) is 5.52. The van der Waals surface area contributed by atoms with Crippen molar-refractivity contribution in [2.45, 2.75) is 11.8 Å². The molecule has 5 aromatic rings. The van der Waals surface area contributed by atoms with Gasteiger partial charge in [-0.3, -0.25) is 14.4 Å². The highest BCUT2D eigenvalue weighted by Gasteiger charge is 2.17. The van der Waals surface area contributed by atoms with Gasteiger partial charge >= 0.3 is 0 Å². The highest BCUT2D eigenvalue weighted by Crippen LogP contribution is 2.25. The first-order valence-corrected chi connectivity index (χ1v) is 14.4. The number of ketones is 1. The van der Waals surface area contributed by atoms with Gasteiger partial charge in [0, 0.05) is 33.3 Å². The third-order valence-corrected chi connectivity index (χ3v) is 7.44. The molecule has 0 saturated carbocycles. The number of halogens is 1. The van der Waals surface area contributed by atoms with Crippen LogP contribution in [0, 0.1) is 12.7 Å². The zero-order chi connectivity index (χ0) is 30.2. The topological polar surface area (TPSA) is 88.4 Å². The van der Waals surface area contributed by atoms with Gasteiger partial charge in [-0.25, -0.2) is 4.39 Å². The van der Waals surface area contributed by atoms with E-state index in [-0.39, 0.29) is 17.2 Å². The second kappa shape index (κ2) is 13.6. The Hall–Kier alpha value is -5.21. The molecular weight excluding hydrogens is 563 g/mol. The molecular formula is C35H27FN2O4S. The van der Waals surface area contributed by atoms with Gasteiger partial charge in [0.05, 0.1) is 5.75 Å². The van der Waals surface area contributed by atoms with E-state index in [2.05, 4.69) is 10.6 Å². The summed E-state index contributed by atoms with van der Waals surface area (Å²) in [6, 6.07) is 32.4. The summed E-state index contributed by atoms with van der Waals surface area (Å²) in [7, 11) is 0. The Bertz CT molecular complexity index is 1760. The molecule has 2 N–H and O–H groups in total. The van der Waals surface area contributed by atoms with Gasteiger partial charge in [-0.1, -0.05) is 48.0 Å². The number of benzene rings is 4. The van der Waals surface area contributed by atoms with Crippen LogP contribution in [-0.2, 0) is 4.79 Å². The van der Waals surface area contributed by atoms with Crippen LogP contribution in [0.2, 0.25) is 0 Å². The molecule has 0 unspecified atom stereocenters. The van der Waals surface area contributed by atoms with Crippen LogP contribution in [0.25, 0.3) is 17.4 Å². The Labute approximate surface area is 252 Å². The Morgan fingerprint density at radius 1 is 0.791 bits per heavy atom. The van der Waals surface area contributed by atoms with Crippen molar-refractivity contribution in [2.24, 2.45) is 0 Å². The molecule has 0 saturated heterocycles. The second-order valence-corrected chi connectivity index (χ2v) is 10.7. The van der Waals surface area contributed by atoms with Gasteiger partial charge in [-0.15, -0.1) is 11.8 Å². The molecule has 0 fully saturated rings. The zero-order valence-corrected chi connectivity index (χ0v) is 24.0. The van der Waals surface area contributed by atoms with E-state index in [1.807, 2.05) is 37.3 Å². The van der Waals surface area contributed by atoms with Gasteiger partial charge in [-0.2, -0.15) is 0 Å². The van der Waals surface area contributed by atoms with E-state index in [4.69, 9.17) is 4.42 Å². The van der Waals surface area contributed by atoms with Gasteiger partial charge < -0.3 is 15.1 Å². The number of rotatable bonds is 10. The molecule has 1 aromatic heterocycles. The lowest BCUT2D eigenvalue weighted by Crippen LogP contribution is -2.30. The fourth-order valence-electron chi connectivity index (χ4n) is 4.09. The van der Waals surface area contributed by atoms with Crippen LogP contribution in [0.3, 0.4) is 0 Å². The van der Waals surface area contributed by atoms with Crippen molar-refractivity contribution in [3.05, 3.63) is 149 Å². The molecule has 214 valence electrons. The zero-order valence-electron chi connectivity index (χ0n) is 23.2. The molecule has 4 aromatic carbocycles. The first-order chi connectivity index (χ1) is 20.8. The van der Waals surface area contributed by atoms with Crippen LogP contribution in [0.15, 0.2) is 130 Å². The number of Topliss-reactive ketones (excluding diaryl/α,β-unsaturated/α-hetero) is 1. The van der Waals surface area contributed by atoms with Crippen molar-refractivity contribution < 1.29 is 23.2 Å². The lowest BCUT2D eigenvalue weighted by Gasteiger charge is -2.11. The number of nitrogens with one attached hydrogen (secondary N) is 2. The van der Waals surface area contributed by atoms with Crippen LogP contribution in [0.5, 0.6) is 0 Å². The largest absolute Gasteiger partial charge is 0.457 e. The first-order valence-electron chi connectivity index (χ1n) is 13.4. The number of hydrogen-bond donors (Lipinski definition) is 2. The average Bonchev–Trinajstić information content (AvgIpc) is 3.50. The predicted octanol–water partition coefficient (Wildman–Crippen LogP) is 7.78. The summed E-state index contributed by atoms with van der Waals surface area (Å²) in [4.78, 5) is 39.5. The number of aryl methyl sites for hydroxylation is 1. The van der Waals surface area contributed by atoms with E-state index < -0.39 is 17.6 Å². The maximum Gasteiger partial charge on any atom is 0.272 e. The molecule has 0 bridgehead atoms. The number of anilines is 1. The summed E-state index contributed by atoms with van der Waals surface area (Å²) < 4.78 is 19.1. The number of carbonyl (C=O) groups is 3. The Balaban J connectivity index is 1.29. The minimum absolute atomic E-state index is 0.00186. The van der Waals surface area contributed by atoms with E-state index in [1.54, 1.807) is 60.7 Å². The van der Waals surface area contributed by atoms with Crippen molar-refractivity contribution in [3.8, 4) is 11.3 Å². The fourth-order valence-corrected chi connectivity index (χ4v) is 4.88. The Morgan fingerprint density at radius 2 is 1.49 bits per heavy atom. The molecule has 0 spiro atoms. The molecule has 5 rings (SSSR count). The van der Waals surface area contributed by atoms with Gasteiger partial charge in [0.25, 0.3) is 11.8 Å². The Kier molecular flexibility index (Phi) is 9.29. The molecule has 2 amide bonds. The molecule has 0 aliphatic carbocycles. The fraction of sp³-hybridized carbons (Fsp3) is 0.0571. The third-order valence-electron chi connectivity index (χ3n) is 6.43. The van der Waals surface area contributed by atoms with Crippen LogP contribution in [0.1, 0.15) is 32.0 Å². The molecule has 1 heterocycles. The van der Waals surface area contributed by atoms with E-state index in [9.17, 15) is 18.8 Å². The molecule has 0 radical (unpaired) electrons. The van der Waals surface area contributed by atoms with Gasteiger partial charge in [-0.05, 0) is 79.7 Å². The van der Waals surface area contributed by atoms with Crippen molar-refractivity contribution in [2.75, 3.05) is 11.1 Å². The minimum atomic E-state index is -0.538. The number of amides is 2. The minimum Gasteiger partial charge on any atom is -0.457 e. The van der Waals surface area contributed by atoms with Crippen molar-refractivity contribution in [1.82, 2.24) is 5.32 Å². The molecule has 43 heavy (non-hydrogen) atoms. The Morgan fingerprint density at radius 3 is 2.19 bits per heavy atom. The molecule has 8 heteroatoms. The van der Waals surface area contributed by atoms with Gasteiger partial charge in [0.2, 0.25) is 0 Å². The quantitative estimate of drug-likeness (QED) is 0.0985.